The number of allylic oxidation sites excluding steroid dienone is 1. The number of hydrogen-bond donors (Lipinski definition) is 1. The average Bonchev–Trinajstić information content (AvgIpc) is 2.66. The molecule has 2 aromatic carbocycles. The van der Waals surface area contributed by atoms with Crippen LogP contribution in [0.3, 0.4) is 0 Å². The van der Waals surface area contributed by atoms with Gasteiger partial charge in [0.1, 0.15) is 5.82 Å². The molecule has 26 heavy (non-hydrogen) atoms. The third-order valence-corrected chi connectivity index (χ3v) is 3.88. The molecule has 3 rings (SSSR count). The van der Waals surface area contributed by atoms with Gasteiger partial charge in [-0.15, -0.1) is 0 Å². The standard InChI is InChI=1S/C22H18F2N2/c1-16(9-10-18-6-2-3-8-21(18)23)25-14-17-5-4-7-19(13-17)20-11-12-22(24)26-15-20/h2-13,15,25H,1,14H2/b10-9+. The van der Waals surface area contributed by atoms with Crippen molar-refractivity contribution in [3.8, 4) is 11.1 Å². The monoisotopic (exact) mass is 348 g/mol. The summed E-state index contributed by atoms with van der Waals surface area (Å²) in [6.07, 6.45) is 4.94. The summed E-state index contributed by atoms with van der Waals surface area (Å²) in [5.74, 6) is -0.762. The van der Waals surface area contributed by atoms with Gasteiger partial charge in [0.05, 0.1) is 0 Å². The van der Waals surface area contributed by atoms with Crippen LogP contribution in [0.5, 0.6) is 0 Å². The Balaban J connectivity index is 1.63. The van der Waals surface area contributed by atoms with Crippen molar-refractivity contribution in [3.05, 3.63) is 108 Å². The molecule has 0 atom stereocenters. The average molecular weight is 348 g/mol. The molecule has 0 aliphatic rings. The fourth-order valence-corrected chi connectivity index (χ4v) is 2.48. The first-order chi connectivity index (χ1) is 12.6. The largest absolute Gasteiger partial charge is 0.381 e. The topological polar surface area (TPSA) is 24.9 Å². The molecule has 0 amide bonds. The van der Waals surface area contributed by atoms with Gasteiger partial charge in [0.15, 0.2) is 0 Å². The minimum atomic E-state index is -0.496. The first kappa shape index (κ1) is 17.5. The molecule has 0 saturated carbocycles. The number of aromatic nitrogens is 1. The number of nitrogens with one attached hydrogen (secondary N) is 1. The van der Waals surface area contributed by atoms with Crippen molar-refractivity contribution in [2.45, 2.75) is 6.54 Å². The van der Waals surface area contributed by atoms with E-state index in [-0.39, 0.29) is 5.82 Å². The normalized spacial score (nSPS) is 10.8. The van der Waals surface area contributed by atoms with Crippen LogP contribution in [-0.2, 0) is 6.54 Å². The van der Waals surface area contributed by atoms with Gasteiger partial charge in [-0.1, -0.05) is 49.1 Å². The molecule has 0 spiro atoms. The molecule has 0 fully saturated rings. The number of pyridine rings is 1. The van der Waals surface area contributed by atoms with E-state index in [0.29, 0.717) is 17.8 Å². The van der Waals surface area contributed by atoms with Gasteiger partial charge in [-0.05, 0) is 41.5 Å². The van der Waals surface area contributed by atoms with Crippen molar-refractivity contribution in [2.75, 3.05) is 0 Å². The number of benzene rings is 2. The van der Waals surface area contributed by atoms with E-state index in [2.05, 4.69) is 16.9 Å². The molecule has 1 aromatic heterocycles. The van der Waals surface area contributed by atoms with E-state index in [1.165, 1.54) is 18.3 Å². The van der Waals surface area contributed by atoms with Gasteiger partial charge in [0, 0.05) is 29.6 Å². The molecule has 4 heteroatoms. The Kier molecular flexibility index (Phi) is 5.54. The highest BCUT2D eigenvalue weighted by atomic mass is 19.1. The minimum absolute atomic E-state index is 0.267. The molecular formula is C22H18F2N2. The van der Waals surface area contributed by atoms with Gasteiger partial charge < -0.3 is 5.32 Å². The Bertz CT molecular complexity index is 931. The van der Waals surface area contributed by atoms with Crippen molar-refractivity contribution >= 4 is 6.08 Å². The van der Waals surface area contributed by atoms with Crippen LogP contribution in [0.25, 0.3) is 17.2 Å². The second-order valence-corrected chi connectivity index (χ2v) is 5.80. The molecule has 2 nitrogen and oxygen atoms in total. The van der Waals surface area contributed by atoms with Gasteiger partial charge in [-0.2, -0.15) is 4.39 Å². The molecule has 1 N–H and O–H groups in total. The fraction of sp³-hybridized carbons (Fsp3) is 0.0455. The van der Waals surface area contributed by atoms with Crippen LogP contribution in [0.2, 0.25) is 0 Å². The Hall–Kier alpha value is -3.27. The molecule has 0 bridgehead atoms. The maximum atomic E-state index is 13.6. The Morgan fingerprint density at radius 2 is 1.85 bits per heavy atom. The molecule has 3 aromatic rings. The van der Waals surface area contributed by atoms with E-state index in [1.54, 1.807) is 36.4 Å². The number of rotatable bonds is 6. The van der Waals surface area contributed by atoms with Gasteiger partial charge in [0.2, 0.25) is 5.95 Å². The van der Waals surface area contributed by atoms with E-state index in [9.17, 15) is 8.78 Å². The maximum Gasteiger partial charge on any atom is 0.212 e. The second kappa shape index (κ2) is 8.21. The van der Waals surface area contributed by atoms with Crippen LogP contribution in [0.4, 0.5) is 8.78 Å². The minimum Gasteiger partial charge on any atom is -0.381 e. The summed E-state index contributed by atoms with van der Waals surface area (Å²) in [5.41, 5.74) is 4.06. The lowest BCUT2D eigenvalue weighted by Gasteiger charge is -2.08. The van der Waals surface area contributed by atoms with Gasteiger partial charge >= 0.3 is 0 Å². The lowest BCUT2D eigenvalue weighted by atomic mass is 10.0. The molecule has 1 heterocycles. The zero-order chi connectivity index (χ0) is 18.4. The maximum absolute atomic E-state index is 13.6. The molecule has 0 saturated heterocycles. The number of halogens is 2. The van der Waals surface area contributed by atoms with Crippen molar-refractivity contribution < 1.29 is 8.78 Å². The van der Waals surface area contributed by atoms with Gasteiger partial charge in [0.25, 0.3) is 0 Å². The summed E-state index contributed by atoms with van der Waals surface area (Å²) in [6, 6.07) is 17.5. The van der Waals surface area contributed by atoms with E-state index >= 15 is 0 Å². The lowest BCUT2D eigenvalue weighted by Crippen LogP contribution is -2.10. The summed E-state index contributed by atoms with van der Waals surface area (Å²) < 4.78 is 26.5. The summed E-state index contributed by atoms with van der Waals surface area (Å²) in [5, 5.41) is 3.20. The summed E-state index contributed by atoms with van der Waals surface area (Å²) in [4.78, 5) is 3.68. The molecule has 0 unspecified atom stereocenters. The Morgan fingerprint density at radius 3 is 2.62 bits per heavy atom. The van der Waals surface area contributed by atoms with Gasteiger partial charge in [-0.25, -0.2) is 9.37 Å². The predicted octanol–water partition coefficient (Wildman–Crippen LogP) is 5.34. The zero-order valence-electron chi connectivity index (χ0n) is 14.1. The highest BCUT2D eigenvalue weighted by Crippen LogP contribution is 2.20. The first-order valence-corrected chi connectivity index (χ1v) is 8.18. The van der Waals surface area contributed by atoms with E-state index in [0.717, 1.165) is 16.7 Å². The van der Waals surface area contributed by atoms with E-state index in [4.69, 9.17) is 0 Å². The van der Waals surface area contributed by atoms with Crippen LogP contribution in [-0.4, -0.2) is 4.98 Å². The van der Waals surface area contributed by atoms with Crippen molar-refractivity contribution in [1.82, 2.24) is 10.3 Å². The highest BCUT2D eigenvalue weighted by molar-refractivity contribution is 5.63. The van der Waals surface area contributed by atoms with Crippen LogP contribution in [0.15, 0.2) is 85.2 Å². The summed E-state index contributed by atoms with van der Waals surface area (Å²) >= 11 is 0. The van der Waals surface area contributed by atoms with Crippen LogP contribution in [0, 0.1) is 11.8 Å². The SMILES string of the molecule is C=C(/C=C/c1ccccc1F)NCc1cccc(-c2ccc(F)nc2)c1. The number of nitrogens with zero attached hydrogens (tertiary/aromatic N) is 1. The first-order valence-electron chi connectivity index (χ1n) is 8.18. The van der Waals surface area contributed by atoms with Crippen LogP contribution >= 0.6 is 0 Å². The van der Waals surface area contributed by atoms with E-state index in [1.807, 2.05) is 24.3 Å². The molecule has 0 aliphatic heterocycles. The highest BCUT2D eigenvalue weighted by Gasteiger charge is 2.01. The number of hydrogen-bond acceptors (Lipinski definition) is 2. The summed E-state index contributed by atoms with van der Waals surface area (Å²) in [7, 11) is 0. The molecule has 0 radical (unpaired) electrons. The predicted molar refractivity (Wildman–Crippen MR) is 101 cm³/mol. The van der Waals surface area contributed by atoms with Crippen LogP contribution in [0.1, 0.15) is 11.1 Å². The molecule has 130 valence electrons. The Morgan fingerprint density at radius 1 is 1.00 bits per heavy atom. The third-order valence-electron chi connectivity index (χ3n) is 3.88. The fourth-order valence-electron chi connectivity index (χ4n) is 2.48. The third kappa shape index (κ3) is 4.63. The Labute approximate surface area is 151 Å². The van der Waals surface area contributed by atoms with E-state index < -0.39 is 5.95 Å². The van der Waals surface area contributed by atoms with Crippen molar-refractivity contribution in [2.24, 2.45) is 0 Å². The van der Waals surface area contributed by atoms with Gasteiger partial charge in [-0.3, -0.25) is 0 Å². The smallest absolute Gasteiger partial charge is 0.212 e. The quantitative estimate of drug-likeness (QED) is 0.480. The molecule has 0 aliphatic carbocycles. The van der Waals surface area contributed by atoms with Crippen LogP contribution < -0.4 is 5.32 Å². The lowest BCUT2D eigenvalue weighted by molar-refractivity contribution is 0.584. The zero-order valence-corrected chi connectivity index (χ0v) is 14.1. The molecular weight excluding hydrogens is 330 g/mol. The van der Waals surface area contributed by atoms with Crippen molar-refractivity contribution in [3.63, 3.8) is 0 Å². The van der Waals surface area contributed by atoms with Crippen molar-refractivity contribution in [1.29, 1.82) is 0 Å². The summed E-state index contributed by atoms with van der Waals surface area (Å²) in [6.45, 7) is 4.51. The second-order valence-electron chi connectivity index (χ2n) is 5.80.